The van der Waals surface area contributed by atoms with Gasteiger partial charge in [0.2, 0.25) is 11.8 Å². The monoisotopic (exact) mass is 556 g/mol. The number of hydrogen-bond donors (Lipinski definition) is 1. The fraction of sp³-hybridized carbons (Fsp3) is 0.200. The van der Waals surface area contributed by atoms with Crippen LogP contribution in [0.5, 0.6) is 0 Å². The summed E-state index contributed by atoms with van der Waals surface area (Å²) in [6.45, 7) is 3.40. The van der Waals surface area contributed by atoms with Crippen molar-refractivity contribution < 1.29 is 23.9 Å². The van der Waals surface area contributed by atoms with E-state index in [1.807, 2.05) is 56.3 Å². The number of ether oxygens (including phenoxy) is 1. The van der Waals surface area contributed by atoms with Gasteiger partial charge in [0.15, 0.2) is 6.61 Å². The number of nitrogens with one attached hydrogen (secondary N) is 1. The second-order valence-electron chi connectivity index (χ2n) is 11.3. The van der Waals surface area contributed by atoms with Crippen molar-refractivity contribution >= 4 is 35.1 Å². The van der Waals surface area contributed by atoms with E-state index in [1.54, 1.807) is 18.2 Å². The highest BCUT2D eigenvalue weighted by atomic mass is 16.5. The van der Waals surface area contributed by atoms with Crippen molar-refractivity contribution in [2.24, 2.45) is 11.8 Å². The highest BCUT2D eigenvalue weighted by molar-refractivity contribution is 6.23. The molecule has 8 rings (SSSR count). The van der Waals surface area contributed by atoms with Crippen molar-refractivity contribution in [3.05, 3.63) is 130 Å². The first-order valence-electron chi connectivity index (χ1n) is 14.0. The van der Waals surface area contributed by atoms with Gasteiger partial charge in [0.1, 0.15) is 0 Å². The van der Waals surface area contributed by atoms with Crippen molar-refractivity contribution in [2.45, 2.75) is 25.7 Å². The van der Waals surface area contributed by atoms with E-state index in [0.29, 0.717) is 11.4 Å². The molecule has 0 spiro atoms. The summed E-state index contributed by atoms with van der Waals surface area (Å²) < 4.78 is 5.28. The van der Waals surface area contributed by atoms with Crippen LogP contribution in [0.15, 0.2) is 91.0 Å². The summed E-state index contributed by atoms with van der Waals surface area (Å²) in [5, 5.41) is 2.74. The third-order valence-electron chi connectivity index (χ3n) is 8.63. The molecule has 1 N–H and O–H groups in total. The lowest BCUT2D eigenvalue weighted by molar-refractivity contribution is -0.122. The molecule has 2 bridgehead atoms. The summed E-state index contributed by atoms with van der Waals surface area (Å²) in [7, 11) is 0. The van der Waals surface area contributed by atoms with Gasteiger partial charge in [-0.2, -0.15) is 0 Å². The summed E-state index contributed by atoms with van der Waals surface area (Å²) in [4.78, 5) is 54.6. The van der Waals surface area contributed by atoms with E-state index >= 15 is 0 Å². The Balaban J connectivity index is 1.13. The van der Waals surface area contributed by atoms with E-state index in [1.165, 1.54) is 11.0 Å². The lowest BCUT2D eigenvalue weighted by atomic mass is 9.55. The van der Waals surface area contributed by atoms with Crippen LogP contribution < -0.4 is 10.2 Å². The number of imide groups is 1. The van der Waals surface area contributed by atoms with Gasteiger partial charge in [0, 0.05) is 17.5 Å². The number of rotatable bonds is 5. The first kappa shape index (κ1) is 25.9. The molecule has 4 aliphatic rings. The maximum absolute atomic E-state index is 14.0. The van der Waals surface area contributed by atoms with Gasteiger partial charge in [-0.25, -0.2) is 9.69 Å². The number of carbonyl (C=O) groups excluding carboxylic acids is 4. The number of esters is 1. The predicted molar refractivity (Wildman–Crippen MR) is 157 cm³/mol. The van der Waals surface area contributed by atoms with Crippen LogP contribution >= 0.6 is 0 Å². The van der Waals surface area contributed by atoms with Crippen molar-refractivity contribution in [1.29, 1.82) is 0 Å². The molecular weight excluding hydrogens is 528 g/mol. The Hall–Kier alpha value is -5.04. The van der Waals surface area contributed by atoms with E-state index in [2.05, 4.69) is 29.6 Å². The van der Waals surface area contributed by atoms with Crippen molar-refractivity contribution in [3.8, 4) is 0 Å². The minimum Gasteiger partial charge on any atom is -0.452 e. The van der Waals surface area contributed by atoms with E-state index in [9.17, 15) is 19.2 Å². The molecular formula is C35H28N2O5. The Morgan fingerprint density at radius 1 is 0.714 bits per heavy atom. The smallest absolute Gasteiger partial charge is 0.338 e. The zero-order valence-corrected chi connectivity index (χ0v) is 23.2. The molecule has 1 aliphatic heterocycles. The van der Waals surface area contributed by atoms with Crippen LogP contribution in [0.25, 0.3) is 0 Å². The molecule has 1 heterocycles. The number of benzene rings is 4. The molecule has 0 radical (unpaired) electrons. The molecule has 7 nitrogen and oxygen atoms in total. The fourth-order valence-electron chi connectivity index (χ4n) is 7.16. The number of nitrogens with zero attached hydrogens (tertiary/aromatic N) is 1. The highest BCUT2D eigenvalue weighted by Gasteiger charge is 2.61. The van der Waals surface area contributed by atoms with Gasteiger partial charge < -0.3 is 10.1 Å². The molecule has 7 heteroatoms. The van der Waals surface area contributed by atoms with Crippen LogP contribution in [0.1, 0.15) is 55.6 Å². The first-order chi connectivity index (χ1) is 20.3. The van der Waals surface area contributed by atoms with Crippen molar-refractivity contribution in [2.75, 3.05) is 16.8 Å². The zero-order chi connectivity index (χ0) is 29.1. The zero-order valence-electron chi connectivity index (χ0n) is 23.2. The lowest BCUT2D eigenvalue weighted by Gasteiger charge is -2.45. The van der Waals surface area contributed by atoms with Gasteiger partial charge in [-0.1, -0.05) is 60.7 Å². The van der Waals surface area contributed by atoms with Crippen LogP contribution in [0.3, 0.4) is 0 Å². The predicted octanol–water partition coefficient (Wildman–Crippen LogP) is 5.50. The molecule has 3 aliphatic carbocycles. The second-order valence-corrected chi connectivity index (χ2v) is 11.3. The second kappa shape index (κ2) is 9.80. The van der Waals surface area contributed by atoms with Gasteiger partial charge in [-0.3, -0.25) is 14.4 Å². The number of carbonyl (C=O) groups is 4. The third-order valence-corrected chi connectivity index (χ3v) is 8.63. The number of aryl methyl sites for hydroxylation is 2. The quantitative estimate of drug-likeness (QED) is 0.259. The average Bonchev–Trinajstić information content (AvgIpc) is 3.25. The molecule has 208 valence electrons. The van der Waals surface area contributed by atoms with Gasteiger partial charge in [-0.05, 0) is 77.6 Å². The van der Waals surface area contributed by atoms with Crippen LogP contribution in [0.2, 0.25) is 0 Å². The van der Waals surface area contributed by atoms with E-state index in [4.69, 9.17) is 4.74 Å². The normalized spacial score (nSPS) is 21.4. The van der Waals surface area contributed by atoms with Crippen LogP contribution in [-0.2, 0) is 19.1 Å². The topological polar surface area (TPSA) is 92.8 Å². The molecule has 0 saturated carbocycles. The molecule has 2 atom stereocenters. The molecule has 4 aromatic carbocycles. The SMILES string of the molecule is Cc1cc(C)cc(NC(=O)COC(=O)c2cccc(N3C(=O)[C@H]4C5c6ccccc6C(c6ccccc65)[C@@H]4C3=O)c2)c1. The largest absolute Gasteiger partial charge is 0.452 e. The van der Waals surface area contributed by atoms with Crippen molar-refractivity contribution in [3.63, 3.8) is 0 Å². The van der Waals surface area contributed by atoms with Gasteiger partial charge in [-0.15, -0.1) is 0 Å². The summed E-state index contributed by atoms with van der Waals surface area (Å²) in [6, 6.07) is 28.1. The van der Waals surface area contributed by atoms with Crippen LogP contribution in [0, 0.1) is 25.7 Å². The van der Waals surface area contributed by atoms with Crippen LogP contribution in [0.4, 0.5) is 11.4 Å². The molecule has 4 aromatic rings. The van der Waals surface area contributed by atoms with Crippen molar-refractivity contribution in [1.82, 2.24) is 0 Å². The molecule has 0 aromatic heterocycles. The van der Waals surface area contributed by atoms with Gasteiger partial charge >= 0.3 is 5.97 Å². The van der Waals surface area contributed by atoms with E-state index < -0.39 is 30.3 Å². The lowest BCUT2D eigenvalue weighted by Crippen LogP contribution is -2.41. The summed E-state index contributed by atoms with van der Waals surface area (Å²) >= 11 is 0. The molecule has 1 saturated heterocycles. The summed E-state index contributed by atoms with van der Waals surface area (Å²) in [6.07, 6.45) is 0. The maximum Gasteiger partial charge on any atom is 0.338 e. The standard InChI is InChI=1S/C35H28N2O5/c1-19-14-20(2)16-22(15-19)36-28(38)18-42-35(41)21-8-7-9-23(17-21)37-33(39)31-29-24-10-3-4-11-25(24)30(32(31)34(37)40)27-13-6-5-12-26(27)29/h3-17,29-32H,18H2,1-2H3,(H,36,38)/t29?,30?,31-,32-/m0/s1. The molecule has 42 heavy (non-hydrogen) atoms. The Kier molecular flexibility index (Phi) is 6.04. The van der Waals surface area contributed by atoms with E-state index in [0.717, 1.165) is 33.4 Å². The maximum atomic E-state index is 14.0. The molecule has 1 fully saturated rings. The first-order valence-corrected chi connectivity index (χ1v) is 14.0. The number of anilines is 2. The Labute approximate surface area is 243 Å². The minimum atomic E-state index is -0.719. The third kappa shape index (κ3) is 4.04. The van der Waals surface area contributed by atoms with Crippen LogP contribution in [-0.4, -0.2) is 30.3 Å². The minimum absolute atomic E-state index is 0.150. The fourth-order valence-corrected chi connectivity index (χ4v) is 7.16. The molecule has 3 amide bonds. The summed E-state index contributed by atoms with van der Waals surface area (Å²) in [5.41, 5.74) is 7.50. The van der Waals surface area contributed by atoms with Gasteiger partial charge in [0.25, 0.3) is 5.91 Å². The highest BCUT2D eigenvalue weighted by Crippen LogP contribution is 2.61. The Morgan fingerprint density at radius 2 is 1.24 bits per heavy atom. The van der Waals surface area contributed by atoms with Gasteiger partial charge in [0.05, 0.1) is 23.1 Å². The van der Waals surface area contributed by atoms with E-state index in [-0.39, 0.29) is 29.2 Å². The number of hydrogen-bond acceptors (Lipinski definition) is 5. The summed E-state index contributed by atoms with van der Waals surface area (Å²) in [5.74, 6) is -3.16. The Morgan fingerprint density at radius 3 is 1.76 bits per heavy atom. The average molecular weight is 557 g/mol. The number of amides is 3. The molecule has 0 unspecified atom stereocenters. The Bertz CT molecular complexity index is 1680.